The third-order valence-electron chi connectivity index (χ3n) is 6.92. The molecule has 2 heteroatoms. The number of fused-ring (bicyclic) bond motifs is 1. The first kappa shape index (κ1) is 15.8. The van der Waals surface area contributed by atoms with Crippen LogP contribution in [0.3, 0.4) is 0 Å². The van der Waals surface area contributed by atoms with Crippen molar-refractivity contribution in [1.82, 2.24) is 5.32 Å². The summed E-state index contributed by atoms with van der Waals surface area (Å²) in [4.78, 5) is 11.5. The fraction of sp³-hybridized carbons (Fsp3) is 0.750. The van der Waals surface area contributed by atoms with E-state index in [1.807, 2.05) is 0 Å². The second kappa shape index (κ2) is 5.86. The molecule has 122 valence electrons. The summed E-state index contributed by atoms with van der Waals surface area (Å²) in [6.45, 7) is 13.2. The molecule has 1 aliphatic heterocycles. The zero-order chi connectivity index (χ0) is 15.9. The SMILES string of the molecule is C=C1CC(CCC(C)[C@H]2CCC3C(=C)CCC[C@@]32C)NC1=O. The first-order valence-electron chi connectivity index (χ1n) is 9.08. The van der Waals surface area contributed by atoms with Crippen LogP contribution in [0.25, 0.3) is 0 Å². The molecular weight excluding hydrogens is 270 g/mol. The van der Waals surface area contributed by atoms with Gasteiger partial charge in [-0.15, -0.1) is 0 Å². The van der Waals surface area contributed by atoms with Crippen LogP contribution < -0.4 is 5.32 Å². The van der Waals surface area contributed by atoms with Gasteiger partial charge in [-0.3, -0.25) is 4.79 Å². The smallest absolute Gasteiger partial charge is 0.246 e. The number of allylic oxidation sites excluding steroid dienone is 1. The Hall–Kier alpha value is -1.05. The van der Waals surface area contributed by atoms with Gasteiger partial charge in [-0.2, -0.15) is 0 Å². The fourth-order valence-electron chi connectivity index (χ4n) is 5.67. The van der Waals surface area contributed by atoms with Gasteiger partial charge in [-0.25, -0.2) is 0 Å². The normalized spacial score (nSPS) is 39.7. The van der Waals surface area contributed by atoms with Gasteiger partial charge >= 0.3 is 0 Å². The second-order valence-corrected chi connectivity index (χ2v) is 8.29. The van der Waals surface area contributed by atoms with Crippen LogP contribution >= 0.6 is 0 Å². The Labute approximate surface area is 135 Å². The molecule has 2 aliphatic carbocycles. The highest BCUT2D eigenvalue weighted by Crippen LogP contribution is 2.59. The molecule has 0 radical (unpaired) electrons. The van der Waals surface area contributed by atoms with Crippen molar-refractivity contribution in [2.24, 2.45) is 23.2 Å². The first-order valence-corrected chi connectivity index (χ1v) is 9.08. The van der Waals surface area contributed by atoms with E-state index in [1.54, 1.807) is 0 Å². The molecule has 0 aromatic heterocycles. The third kappa shape index (κ3) is 2.66. The molecule has 3 aliphatic rings. The van der Waals surface area contributed by atoms with Crippen LogP contribution in [0.15, 0.2) is 24.3 Å². The van der Waals surface area contributed by atoms with Crippen molar-refractivity contribution in [2.75, 3.05) is 0 Å². The van der Waals surface area contributed by atoms with Gasteiger partial charge in [0, 0.05) is 11.6 Å². The Balaban J connectivity index is 1.58. The van der Waals surface area contributed by atoms with E-state index in [2.05, 4.69) is 32.3 Å². The summed E-state index contributed by atoms with van der Waals surface area (Å²) in [5.41, 5.74) is 2.76. The van der Waals surface area contributed by atoms with Crippen molar-refractivity contribution in [2.45, 2.75) is 71.3 Å². The summed E-state index contributed by atoms with van der Waals surface area (Å²) in [6.07, 6.45) is 9.83. The average molecular weight is 301 g/mol. The van der Waals surface area contributed by atoms with Gasteiger partial charge in [0.2, 0.25) is 5.91 Å². The van der Waals surface area contributed by atoms with Crippen LogP contribution in [0.4, 0.5) is 0 Å². The number of carbonyl (C=O) groups excluding carboxylic acids is 1. The number of nitrogens with one attached hydrogen (secondary N) is 1. The summed E-state index contributed by atoms with van der Waals surface area (Å²) >= 11 is 0. The van der Waals surface area contributed by atoms with E-state index >= 15 is 0 Å². The zero-order valence-electron chi connectivity index (χ0n) is 14.3. The minimum Gasteiger partial charge on any atom is -0.349 e. The van der Waals surface area contributed by atoms with Gasteiger partial charge < -0.3 is 5.32 Å². The lowest BCUT2D eigenvalue weighted by atomic mass is 9.61. The predicted molar refractivity (Wildman–Crippen MR) is 91.4 cm³/mol. The van der Waals surface area contributed by atoms with Gasteiger partial charge in [0.1, 0.15) is 0 Å². The van der Waals surface area contributed by atoms with Crippen LogP contribution in [0.2, 0.25) is 0 Å². The average Bonchev–Trinajstić information content (AvgIpc) is 2.97. The predicted octanol–water partition coefficient (Wildman–Crippen LogP) is 4.62. The Kier molecular flexibility index (Phi) is 4.22. The maximum atomic E-state index is 11.5. The van der Waals surface area contributed by atoms with Crippen molar-refractivity contribution in [3.8, 4) is 0 Å². The van der Waals surface area contributed by atoms with Gasteiger partial charge in [0.25, 0.3) is 0 Å². The molecule has 0 aromatic rings. The molecule has 2 nitrogen and oxygen atoms in total. The van der Waals surface area contributed by atoms with Crippen LogP contribution in [0.1, 0.15) is 65.2 Å². The lowest BCUT2D eigenvalue weighted by Gasteiger charge is -2.44. The van der Waals surface area contributed by atoms with E-state index < -0.39 is 0 Å². The second-order valence-electron chi connectivity index (χ2n) is 8.29. The maximum absolute atomic E-state index is 11.5. The third-order valence-corrected chi connectivity index (χ3v) is 6.92. The van der Waals surface area contributed by atoms with Gasteiger partial charge in [0.05, 0.1) is 0 Å². The molecule has 1 saturated heterocycles. The monoisotopic (exact) mass is 301 g/mol. The largest absolute Gasteiger partial charge is 0.349 e. The van der Waals surface area contributed by atoms with E-state index in [4.69, 9.17) is 0 Å². The number of amides is 1. The first-order chi connectivity index (χ1) is 10.4. The fourth-order valence-corrected chi connectivity index (χ4v) is 5.67. The molecular formula is C20H31NO. The van der Waals surface area contributed by atoms with Gasteiger partial charge in [-0.05, 0) is 74.5 Å². The van der Waals surface area contributed by atoms with Gasteiger partial charge in [-0.1, -0.05) is 32.6 Å². The molecule has 2 saturated carbocycles. The highest BCUT2D eigenvalue weighted by atomic mass is 16.2. The number of hydrogen-bond donors (Lipinski definition) is 1. The van der Waals surface area contributed by atoms with E-state index in [9.17, 15) is 4.79 Å². The van der Waals surface area contributed by atoms with Gasteiger partial charge in [0.15, 0.2) is 0 Å². The summed E-state index contributed by atoms with van der Waals surface area (Å²) in [5, 5.41) is 3.07. The zero-order valence-corrected chi connectivity index (χ0v) is 14.3. The van der Waals surface area contributed by atoms with Crippen molar-refractivity contribution in [3.05, 3.63) is 24.3 Å². The van der Waals surface area contributed by atoms with Crippen LogP contribution in [-0.4, -0.2) is 11.9 Å². The number of rotatable bonds is 4. The minimum atomic E-state index is 0.0640. The standard InChI is InChI=1S/C20H31NO/c1-13-6-5-11-20(4)17(13)9-10-18(20)14(2)7-8-16-12-15(3)19(22)21-16/h14,16-18H,1,3,5-12H2,2,4H3,(H,21,22)/t14?,16?,17?,18-,20+/m1/s1. The van der Waals surface area contributed by atoms with Crippen LogP contribution in [0, 0.1) is 23.2 Å². The molecule has 3 rings (SSSR count). The summed E-state index contributed by atoms with van der Waals surface area (Å²) in [7, 11) is 0. The lowest BCUT2D eigenvalue weighted by Crippen LogP contribution is -2.36. The van der Waals surface area contributed by atoms with E-state index in [1.165, 1.54) is 44.1 Å². The summed E-state index contributed by atoms with van der Waals surface area (Å²) in [5.74, 6) is 2.40. The Morgan fingerprint density at radius 2 is 2.14 bits per heavy atom. The molecule has 1 heterocycles. The molecule has 0 aromatic carbocycles. The van der Waals surface area contributed by atoms with Crippen molar-refractivity contribution < 1.29 is 4.79 Å². The topological polar surface area (TPSA) is 29.1 Å². The number of hydrogen-bond acceptors (Lipinski definition) is 1. The Morgan fingerprint density at radius 3 is 2.82 bits per heavy atom. The molecule has 0 spiro atoms. The van der Waals surface area contributed by atoms with Crippen molar-refractivity contribution in [3.63, 3.8) is 0 Å². The molecule has 1 amide bonds. The van der Waals surface area contributed by atoms with E-state index in [-0.39, 0.29) is 5.91 Å². The molecule has 0 bridgehead atoms. The van der Waals surface area contributed by atoms with Crippen LogP contribution in [0.5, 0.6) is 0 Å². The highest BCUT2D eigenvalue weighted by molar-refractivity contribution is 5.95. The molecule has 22 heavy (non-hydrogen) atoms. The molecule has 3 fully saturated rings. The summed E-state index contributed by atoms with van der Waals surface area (Å²) in [6, 6.07) is 0.328. The number of carbonyl (C=O) groups is 1. The molecule has 3 unspecified atom stereocenters. The lowest BCUT2D eigenvalue weighted by molar-refractivity contribution is -0.116. The Morgan fingerprint density at radius 1 is 1.36 bits per heavy atom. The van der Waals surface area contributed by atoms with Crippen LogP contribution in [-0.2, 0) is 4.79 Å². The Bertz CT molecular complexity index is 478. The quantitative estimate of drug-likeness (QED) is 0.596. The van der Waals surface area contributed by atoms with E-state index in [0.717, 1.165) is 36.2 Å². The maximum Gasteiger partial charge on any atom is 0.246 e. The van der Waals surface area contributed by atoms with E-state index in [0.29, 0.717) is 11.5 Å². The minimum absolute atomic E-state index is 0.0640. The van der Waals surface area contributed by atoms with Crippen molar-refractivity contribution in [1.29, 1.82) is 0 Å². The highest BCUT2D eigenvalue weighted by Gasteiger charge is 2.50. The molecule has 5 atom stereocenters. The summed E-state index contributed by atoms with van der Waals surface area (Å²) < 4.78 is 0. The van der Waals surface area contributed by atoms with Crippen molar-refractivity contribution >= 4 is 5.91 Å². The molecule has 1 N–H and O–H groups in total.